The van der Waals surface area contributed by atoms with Gasteiger partial charge in [0.2, 0.25) is 0 Å². The second-order valence-corrected chi connectivity index (χ2v) is 3.20. The van der Waals surface area contributed by atoms with Gasteiger partial charge in [0, 0.05) is 6.20 Å². The number of carbonyl (C=O) groups excluding carboxylic acids is 1. The smallest absolute Gasteiger partial charge is 0.180 e. The molecule has 14 heavy (non-hydrogen) atoms. The highest BCUT2D eigenvalue weighted by atomic mass is 16.5. The number of hydrogen-bond donors (Lipinski definition) is 0. The Morgan fingerprint density at radius 3 is 2.86 bits per heavy atom. The fourth-order valence-electron chi connectivity index (χ4n) is 1.20. The molecule has 0 spiro atoms. The van der Waals surface area contributed by atoms with Gasteiger partial charge in [0.25, 0.3) is 0 Å². The topological polar surface area (TPSA) is 48.4 Å². The molecule has 0 N–H and O–H groups in total. The van der Waals surface area contributed by atoms with Gasteiger partial charge in [-0.15, -0.1) is 0 Å². The minimum atomic E-state index is 0.271. The Labute approximate surface area is 81.9 Å². The number of rotatable bonds is 4. The lowest BCUT2D eigenvalue weighted by Gasteiger charge is -2.10. The highest BCUT2D eigenvalue weighted by molar-refractivity contribution is 5.80. The van der Waals surface area contributed by atoms with Gasteiger partial charge in [-0.2, -0.15) is 0 Å². The van der Waals surface area contributed by atoms with E-state index in [9.17, 15) is 4.79 Å². The zero-order valence-corrected chi connectivity index (χ0v) is 7.90. The van der Waals surface area contributed by atoms with Crippen LogP contribution < -0.4 is 9.47 Å². The van der Waals surface area contributed by atoms with Crippen LogP contribution in [0, 0.1) is 0 Å². The molecule has 0 amide bonds. The predicted octanol–water partition coefficient (Wildman–Crippen LogP) is 1.44. The van der Waals surface area contributed by atoms with Crippen LogP contribution in [0.5, 0.6) is 11.5 Å². The van der Waals surface area contributed by atoms with Crippen LogP contribution in [0.1, 0.15) is 23.2 Å². The van der Waals surface area contributed by atoms with Crippen molar-refractivity contribution in [1.82, 2.24) is 4.98 Å². The van der Waals surface area contributed by atoms with Gasteiger partial charge in [0.1, 0.15) is 0 Å². The SMILES string of the molecule is COc1c(C=O)cncc1OC1CC1. The molecule has 2 rings (SSSR count). The van der Waals surface area contributed by atoms with Gasteiger partial charge in [0.15, 0.2) is 17.8 Å². The van der Waals surface area contributed by atoms with E-state index in [4.69, 9.17) is 9.47 Å². The van der Waals surface area contributed by atoms with E-state index in [1.807, 2.05) is 0 Å². The van der Waals surface area contributed by atoms with Gasteiger partial charge < -0.3 is 9.47 Å². The molecule has 1 fully saturated rings. The third-order valence-corrected chi connectivity index (χ3v) is 2.04. The van der Waals surface area contributed by atoms with Crippen molar-refractivity contribution in [3.63, 3.8) is 0 Å². The fourth-order valence-corrected chi connectivity index (χ4v) is 1.20. The van der Waals surface area contributed by atoms with Crippen molar-refractivity contribution in [2.45, 2.75) is 18.9 Å². The van der Waals surface area contributed by atoms with E-state index in [-0.39, 0.29) is 6.10 Å². The molecule has 4 nitrogen and oxygen atoms in total. The van der Waals surface area contributed by atoms with Crippen LogP contribution in [0.25, 0.3) is 0 Å². The monoisotopic (exact) mass is 193 g/mol. The molecule has 1 aromatic rings. The molecule has 1 aliphatic rings. The number of pyridine rings is 1. The fraction of sp³-hybridized carbons (Fsp3) is 0.400. The Hall–Kier alpha value is -1.58. The number of aromatic nitrogens is 1. The molecule has 0 bridgehead atoms. The molecule has 0 radical (unpaired) electrons. The summed E-state index contributed by atoms with van der Waals surface area (Å²) in [6.45, 7) is 0. The molecule has 0 saturated heterocycles. The first-order valence-corrected chi connectivity index (χ1v) is 4.49. The maximum Gasteiger partial charge on any atom is 0.180 e. The summed E-state index contributed by atoms with van der Waals surface area (Å²) >= 11 is 0. The van der Waals surface area contributed by atoms with E-state index in [0.29, 0.717) is 23.3 Å². The second-order valence-electron chi connectivity index (χ2n) is 3.20. The summed E-state index contributed by atoms with van der Waals surface area (Å²) in [5, 5.41) is 0. The van der Waals surface area contributed by atoms with Gasteiger partial charge in [-0.3, -0.25) is 9.78 Å². The molecular formula is C10H11NO3. The van der Waals surface area contributed by atoms with Crippen molar-refractivity contribution >= 4 is 6.29 Å². The maximum absolute atomic E-state index is 10.7. The first-order valence-electron chi connectivity index (χ1n) is 4.49. The number of methoxy groups -OCH3 is 1. The molecule has 0 unspecified atom stereocenters. The molecule has 1 saturated carbocycles. The zero-order valence-electron chi connectivity index (χ0n) is 7.90. The molecule has 0 aliphatic heterocycles. The van der Waals surface area contributed by atoms with Crippen LogP contribution in [-0.4, -0.2) is 24.5 Å². The largest absolute Gasteiger partial charge is 0.492 e. The lowest BCUT2D eigenvalue weighted by Crippen LogP contribution is -2.01. The van der Waals surface area contributed by atoms with Crippen molar-refractivity contribution in [2.24, 2.45) is 0 Å². The van der Waals surface area contributed by atoms with Crippen LogP contribution in [0.4, 0.5) is 0 Å². The number of ether oxygens (including phenoxy) is 2. The Kier molecular flexibility index (Phi) is 2.35. The Balaban J connectivity index is 2.30. The third-order valence-electron chi connectivity index (χ3n) is 2.04. The van der Waals surface area contributed by atoms with E-state index in [2.05, 4.69) is 4.98 Å². The van der Waals surface area contributed by atoms with Crippen LogP contribution in [0.3, 0.4) is 0 Å². The average Bonchev–Trinajstić information content (AvgIpc) is 3.01. The van der Waals surface area contributed by atoms with Gasteiger partial charge in [-0.05, 0) is 12.8 Å². The van der Waals surface area contributed by atoms with Gasteiger partial charge in [0.05, 0.1) is 25.0 Å². The molecule has 1 aliphatic carbocycles. The first kappa shape index (κ1) is 8.99. The summed E-state index contributed by atoms with van der Waals surface area (Å²) in [5.74, 6) is 1.03. The molecule has 1 aromatic heterocycles. The van der Waals surface area contributed by atoms with Crippen molar-refractivity contribution < 1.29 is 14.3 Å². The maximum atomic E-state index is 10.7. The van der Waals surface area contributed by atoms with Crippen molar-refractivity contribution in [1.29, 1.82) is 0 Å². The number of aldehydes is 1. The summed E-state index contributed by atoms with van der Waals surface area (Å²) in [4.78, 5) is 14.6. The quantitative estimate of drug-likeness (QED) is 0.679. The van der Waals surface area contributed by atoms with E-state index in [1.165, 1.54) is 13.3 Å². The number of hydrogen-bond acceptors (Lipinski definition) is 4. The summed E-state index contributed by atoms with van der Waals surface area (Å²) in [6, 6.07) is 0. The van der Waals surface area contributed by atoms with Crippen LogP contribution in [0.15, 0.2) is 12.4 Å². The third kappa shape index (κ3) is 1.69. The zero-order chi connectivity index (χ0) is 9.97. The second kappa shape index (κ2) is 3.65. The first-order chi connectivity index (χ1) is 6.85. The highest BCUT2D eigenvalue weighted by Crippen LogP contribution is 2.34. The standard InChI is InChI=1S/C10H11NO3/c1-13-10-7(6-12)4-11-5-9(10)14-8-2-3-8/h4-6,8H,2-3H2,1H3. The van der Waals surface area contributed by atoms with Crippen LogP contribution >= 0.6 is 0 Å². The number of nitrogens with zero attached hydrogens (tertiary/aromatic N) is 1. The minimum absolute atomic E-state index is 0.271. The summed E-state index contributed by atoms with van der Waals surface area (Å²) in [5.41, 5.74) is 0.422. The van der Waals surface area contributed by atoms with Gasteiger partial charge >= 0.3 is 0 Å². The molecule has 1 heterocycles. The lowest BCUT2D eigenvalue weighted by molar-refractivity contribution is 0.111. The summed E-state index contributed by atoms with van der Waals surface area (Å²) in [6.07, 6.45) is 6.15. The average molecular weight is 193 g/mol. The lowest BCUT2D eigenvalue weighted by atomic mass is 10.2. The highest BCUT2D eigenvalue weighted by Gasteiger charge is 2.25. The predicted molar refractivity (Wildman–Crippen MR) is 49.8 cm³/mol. The minimum Gasteiger partial charge on any atom is -0.492 e. The van der Waals surface area contributed by atoms with Crippen molar-refractivity contribution in [2.75, 3.05) is 7.11 Å². The van der Waals surface area contributed by atoms with Crippen LogP contribution in [0.2, 0.25) is 0 Å². The molecular weight excluding hydrogens is 182 g/mol. The van der Waals surface area contributed by atoms with Crippen molar-refractivity contribution in [3.05, 3.63) is 18.0 Å². The molecule has 74 valence electrons. The Morgan fingerprint density at radius 1 is 1.50 bits per heavy atom. The Bertz CT molecular complexity index is 347. The molecule has 0 atom stereocenters. The van der Waals surface area contributed by atoms with E-state index < -0.39 is 0 Å². The summed E-state index contributed by atoms with van der Waals surface area (Å²) < 4.78 is 10.6. The summed E-state index contributed by atoms with van der Waals surface area (Å²) in [7, 11) is 1.52. The number of carbonyl (C=O) groups is 1. The molecule has 0 aromatic carbocycles. The van der Waals surface area contributed by atoms with E-state index in [1.54, 1.807) is 6.20 Å². The van der Waals surface area contributed by atoms with Gasteiger partial charge in [-0.25, -0.2) is 0 Å². The van der Waals surface area contributed by atoms with E-state index >= 15 is 0 Å². The Morgan fingerprint density at radius 2 is 2.29 bits per heavy atom. The van der Waals surface area contributed by atoms with Gasteiger partial charge in [-0.1, -0.05) is 0 Å². The molecule has 4 heteroatoms. The van der Waals surface area contributed by atoms with Crippen LogP contribution in [-0.2, 0) is 0 Å². The van der Waals surface area contributed by atoms with E-state index in [0.717, 1.165) is 12.8 Å². The normalized spacial score (nSPS) is 14.9. The van der Waals surface area contributed by atoms with Crippen molar-refractivity contribution in [3.8, 4) is 11.5 Å².